The maximum Gasteiger partial charge on any atom is 0.239 e. The molecule has 33 heavy (non-hydrogen) atoms. The van der Waals surface area contributed by atoms with Gasteiger partial charge in [-0.1, -0.05) is 54.1 Å². The summed E-state index contributed by atoms with van der Waals surface area (Å²) in [6.07, 6.45) is 0. The molecule has 0 aliphatic heterocycles. The smallest absolute Gasteiger partial charge is 0.239 e. The van der Waals surface area contributed by atoms with Gasteiger partial charge < -0.3 is 15.2 Å². The van der Waals surface area contributed by atoms with Gasteiger partial charge >= 0.3 is 0 Å². The van der Waals surface area contributed by atoms with Gasteiger partial charge in [0.15, 0.2) is 0 Å². The second kappa shape index (κ2) is 10.8. The fourth-order valence-corrected chi connectivity index (χ4v) is 3.75. The highest BCUT2D eigenvalue weighted by Crippen LogP contribution is 2.27. The normalized spacial score (nSPS) is 10.7. The first-order valence-corrected chi connectivity index (χ1v) is 10.8. The number of carbonyl (C=O) groups excluding carboxylic acids is 2. The first-order valence-electron chi connectivity index (χ1n) is 10.5. The van der Waals surface area contributed by atoms with Gasteiger partial charge in [-0.25, -0.2) is 0 Å². The van der Waals surface area contributed by atoms with Gasteiger partial charge in [-0.2, -0.15) is 5.26 Å². The van der Waals surface area contributed by atoms with Gasteiger partial charge in [-0.3, -0.25) is 14.5 Å². The molecule has 0 aliphatic carbocycles. The molecule has 3 rings (SSSR count). The lowest BCUT2D eigenvalue weighted by Crippen LogP contribution is -2.36. The summed E-state index contributed by atoms with van der Waals surface area (Å²) in [7, 11) is 1.68. The van der Waals surface area contributed by atoms with Crippen molar-refractivity contribution in [2.75, 3.05) is 30.8 Å². The molecule has 0 saturated heterocycles. The highest BCUT2D eigenvalue weighted by molar-refractivity contribution is 6.33. The van der Waals surface area contributed by atoms with E-state index < -0.39 is 0 Å². The van der Waals surface area contributed by atoms with E-state index in [0.717, 1.165) is 16.8 Å². The van der Waals surface area contributed by atoms with Crippen molar-refractivity contribution in [3.63, 3.8) is 0 Å². The van der Waals surface area contributed by atoms with Crippen molar-refractivity contribution in [1.29, 1.82) is 5.26 Å². The predicted molar refractivity (Wildman–Crippen MR) is 130 cm³/mol. The third-order valence-corrected chi connectivity index (χ3v) is 5.69. The molecule has 0 radical (unpaired) electrons. The standard InChI is InChI=1S/C25H26ClN5O2/c1-17-18(2)31(14-19-9-5-4-6-10-19)25(20(17)13-27)29-24(33)16-30(3)15-23(32)28-22-12-8-7-11-21(22)26/h4-12H,14-16H2,1-3H3,(H,28,32)(H,29,33). The van der Waals surface area contributed by atoms with Gasteiger partial charge in [0, 0.05) is 12.2 Å². The Bertz CT molecular complexity index is 1200. The summed E-state index contributed by atoms with van der Waals surface area (Å²) in [6.45, 7) is 4.32. The van der Waals surface area contributed by atoms with Gasteiger partial charge in [-0.05, 0) is 44.2 Å². The lowest BCUT2D eigenvalue weighted by atomic mass is 10.2. The van der Waals surface area contributed by atoms with Crippen LogP contribution in [0.25, 0.3) is 0 Å². The molecule has 0 spiro atoms. The largest absolute Gasteiger partial charge is 0.326 e. The number of benzene rings is 2. The predicted octanol–water partition coefficient (Wildman–Crippen LogP) is 4.19. The summed E-state index contributed by atoms with van der Waals surface area (Å²) in [5.74, 6) is -0.128. The topological polar surface area (TPSA) is 90.2 Å². The van der Waals surface area contributed by atoms with E-state index >= 15 is 0 Å². The molecule has 1 aromatic heterocycles. The number of rotatable bonds is 8. The van der Waals surface area contributed by atoms with Crippen LogP contribution < -0.4 is 10.6 Å². The van der Waals surface area contributed by atoms with Crippen LogP contribution in [0, 0.1) is 25.2 Å². The molecular weight excluding hydrogens is 438 g/mol. The average Bonchev–Trinajstić information content (AvgIpc) is 2.99. The third kappa shape index (κ3) is 6.01. The number of hydrogen-bond donors (Lipinski definition) is 2. The lowest BCUT2D eigenvalue weighted by molar-refractivity contribution is -0.119. The van der Waals surface area contributed by atoms with Crippen LogP contribution in [0.4, 0.5) is 11.5 Å². The third-order valence-electron chi connectivity index (χ3n) is 5.36. The summed E-state index contributed by atoms with van der Waals surface area (Å²) in [4.78, 5) is 26.7. The average molecular weight is 464 g/mol. The number of aromatic nitrogens is 1. The number of nitrogens with one attached hydrogen (secondary N) is 2. The minimum absolute atomic E-state index is 0.00678. The van der Waals surface area contributed by atoms with E-state index in [-0.39, 0.29) is 24.9 Å². The molecule has 1 heterocycles. The molecule has 7 nitrogen and oxygen atoms in total. The van der Waals surface area contributed by atoms with Crippen LogP contribution in [0.2, 0.25) is 5.02 Å². The zero-order valence-electron chi connectivity index (χ0n) is 18.9. The number of para-hydroxylation sites is 1. The molecule has 0 saturated carbocycles. The minimum atomic E-state index is -0.314. The summed E-state index contributed by atoms with van der Waals surface area (Å²) < 4.78 is 1.94. The maximum atomic E-state index is 12.8. The van der Waals surface area contributed by atoms with Crippen molar-refractivity contribution in [1.82, 2.24) is 9.47 Å². The van der Waals surface area contributed by atoms with E-state index in [1.807, 2.05) is 48.7 Å². The van der Waals surface area contributed by atoms with Gasteiger partial charge in [0.25, 0.3) is 0 Å². The molecule has 0 atom stereocenters. The van der Waals surface area contributed by atoms with Crippen LogP contribution in [0.15, 0.2) is 54.6 Å². The molecule has 0 unspecified atom stereocenters. The van der Waals surface area contributed by atoms with E-state index in [1.54, 1.807) is 36.2 Å². The zero-order valence-corrected chi connectivity index (χ0v) is 19.6. The quantitative estimate of drug-likeness (QED) is 0.524. The maximum absolute atomic E-state index is 12.8. The first kappa shape index (κ1) is 24.1. The number of nitriles is 1. The summed E-state index contributed by atoms with van der Waals surface area (Å²) in [5.41, 5.74) is 3.76. The van der Waals surface area contributed by atoms with Crippen LogP contribution in [0.3, 0.4) is 0 Å². The van der Waals surface area contributed by atoms with Gasteiger partial charge in [0.05, 0.1) is 29.4 Å². The first-order chi connectivity index (χ1) is 15.8. The highest BCUT2D eigenvalue weighted by atomic mass is 35.5. The van der Waals surface area contributed by atoms with Crippen LogP contribution in [0.5, 0.6) is 0 Å². The van der Waals surface area contributed by atoms with Crippen LogP contribution in [-0.2, 0) is 16.1 Å². The monoisotopic (exact) mass is 463 g/mol. The molecule has 0 aliphatic rings. The molecule has 8 heteroatoms. The van der Waals surface area contributed by atoms with Crippen molar-refractivity contribution < 1.29 is 9.59 Å². The fourth-order valence-electron chi connectivity index (χ4n) is 3.56. The molecule has 0 fully saturated rings. The highest BCUT2D eigenvalue weighted by Gasteiger charge is 2.21. The Hall–Kier alpha value is -3.60. The Morgan fingerprint density at radius 1 is 1.00 bits per heavy atom. The second-order valence-electron chi connectivity index (χ2n) is 7.87. The lowest BCUT2D eigenvalue weighted by Gasteiger charge is -2.18. The molecule has 2 amide bonds. The van der Waals surface area contributed by atoms with Crippen molar-refractivity contribution in [3.05, 3.63) is 82.0 Å². The SMILES string of the molecule is Cc1c(C#N)c(NC(=O)CN(C)CC(=O)Nc2ccccc2Cl)n(Cc2ccccc2)c1C. The second-order valence-corrected chi connectivity index (χ2v) is 8.27. The molecule has 3 aromatic rings. The number of likely N-dealkylation sites (N-methyl/N-ethyl adjacent to an activating group) is 1. The minimum Gasteiger partial charge on any atom is -0.326 e. The molecule has 2 aromatic carbocycles. The van der Waals surface area contributed by atoms with E-state index in [0.29, 0.717) is 28.6 Å². The summed E-state index contributed by atoms with van der Waals surface area (Å²) in [5, 5.41) is 15.8. The zero-order chi connectivity index (χ0) is 24.0. The number of hydrogen-bond acceptors (Lipinski definition) is 4. The van der Waals surface area contributed by atoms with Crippen LogP contribution >= 0.6 is 11.6 Å². The molecule has 170 valence electrons. The van der Waals surface area contributed by atoms with E-state index in [1.165, 1.54) is 0 Å². The number of halogens is 1. The fraction of sp³-hybridized carbons (Fsp3) is 0.240. The number of amides is 2. The number of carbonyl (C=O) groups is 2. The van der Waals surface area contributed by atoms with E-state index in [4.69, 9.17) is 11.6 Å². The van der Waals surface area contributed by atoms with Crippen molar-refractivity contribution in [2.24, 2.45) is 0 Å². The Morgan fingerprint density at radius 3 is 2.24 bits per heavy atom. The Morgan fingerprint density at radius 2 is 1.61 bits per heavy atom. The molecule has 0 bridgehead atoms. The van der Waals surface area contributed by atoms with Gasteiger partial charge in [-0.15, -0.1) is 0 Å². The Balaban J connectivity index is 1.68. The summed E-state index contributed by atoms with van der Waals surface area (Å²) in [6, 6.07) is 19.0. The summed E-state index contributed by atoms with van der Waals surface area (Å²) >= 11 is 6.07. The van der Waals surface area contributed by atoms with Gasteiger partial charge in [0.2, 0.25) is 11.8 Å². The van der Waals surface area contributed by atoms with Crippen LogP contribution in [-0.4, -0.2) is 41.4 Å². The van der Waals surface area contributed by atoms with Crippen LogP contribution in [0.1, 0.15) is 22.4 Å². The van der Waals surface area contributed by atoms with E-state index in [9.17, 15) is 14.9 Å². The molecular formula is C25H26ClN5O2. The van der Waals surface area contributed by atoms with Crippen molar-refractivity contribution in [3.8, 4) is 6.07 Å². The van der Waals surface area contributed by atoms with Crippen molar-refractivity contribution in [2.45, 2.75) is 20.4 Å². The molecule has 2 N–H and O–H groups in total. The number of nitrogens with zero attached hydrogens (tertiary/aromatic N) is 3. The van der Waals surface area contributed by atoms with Gasteiger partial charge in [0.1, 0.15) is 11.9 Å². The number of anilines is 2. The Labute approximate surface area is 198 Å². The Kier molecular flexibility index (Phi) is 7.88. The van der Waals surface area contributed by atoms with E-state index in [2.05, 4.69) is 16.7 Å². The van der Waals surface area contributed by atoms with Crippen molar-refractivity contribution >= 4 is 34.9 Å².